The van der Waals surface area contributed by atoms with E-state index in [0.29, 0.717) is 19.0 Å². The van der Waals surface area contributed by atoms with Crippen molar-refractivity contribution in [3.05, 3.63) is 0 Å². The summed E-state index contributed by atoms with van der Waals surface area (Å²) in [6.45, 7) is 4.87. The largest absolute Gasteiger partial charge is 0.216 e. The molecule has 0 aromatic rings. The second-order valence-corrected chi connectivity index (χ2v) is 7.25. The maximum absolute atomic E-state index is 11.9. The van der Waals surface area contributed by atoms with Crippen LogP contribution in [0.15, 0.2) is 0 Å². The van der Waals surface area contributed by atoms with Crippen LogP contribution in [0.25, 0.3) is 0 Å². The number of halogens is 1. The Morgan fingerprint density at radius 1 is 1.50 bits per heavy atom. The molecule has 0 aromatic heterocycles. The number of sulfonamides is 1. The number of hydrogen-bond donors (Lipinski definition) is 0. The number of hydrogen-bond acceptors (Lipinski definition) is 2. The van der Waals surface area contributed by atoms with E-state index in [4.69, 9.17) is 0 Å². The van der Waals surface area contributed by atoms with E-state index in [1.54, 1.807) is 18.2 Å². The zero-order valence-electron chi connectivity index (χ0n) is 8.74. The van der Waals surface area contributed by atoms with Crippen molar-refractivity contribution < 1.29 is 8.42 Å². The first-order valence-electron chi connectivity index (χ1n) is 5.03. The van der Waals surface area contributed by atoms with Gasteiger partial charge < -0.3 is 0 Å². The molecule has 1 saturated heterocycles. The number of rotatable bonds is 3. The van der Waals surface area contributed by atoms with E-state index in [2.05, 4.69) is 15.9 Å². The molecule has 0 N–H and O–H groups in total. The van der Waals surface area contributed by atoms with E-state index < -0.39 is 10.0 Å². The van der Waals surface area contributed by atoms with Crippen LogP contribution in [0.1, 0.15) is 26.7 Å². The summed E-state index contributed by atoms with van der Waals surface area (Å²) < 4.78 is 25.4. The van der Waals surface area contributed by atoms with Gasteiger partial charge >= 0.3 is 0 Å². The van der Waals surface area contributed by atoms with Crippen molar-refractivity contribution in [2.75, 3.05) is 18.4 Å². The van der Waals surface area contributed by atoms with Crippen LogP contribution >= 0.6 is 15.9 Å². The highest BCUT2D eigenvalue weighted by molar-refractivity contribution is 9.09. The van der Waals surface area contributed by atoms with E-state index in [1.807, 2.05) is 0 Å². The number of alkyl halides is 1. The Bertz CT molecular complexity index is 277. The van der Waals surface area contributed by atoms with Crippen LogP contribution in [-0.4, -0.2) is 36.4 Å². The van der Waals surface area contributed by atoms with Crippen molar-refractivity contribution in [2.24, 2.45) is 5.92 Å². The quantitative estimate of drug-likeness (QED) is 0.741. The highest BCUT2D eigenvalue weighted by Crippen LogP contribution is 2.22. The van der Waals surface area contributed by atoms with Crippen LogP contribution in [0.5, 0.6) is 0 Å². The van der Waals surface area contributed by atoms with Gasteiger partial charge in [0.25, 0.3) is 0 Å². The van der Waals surface area contributed by atoms with E-state index in [-0.39, 0.29) is 5.25 Å². The van der Waals surface area contributed by atoms with Crippen molar-refractivity contribution in [3.8, 4) is 0 Å². The molecule has 1 aliphatic heterocycles. The standard InChI is InChI=1S/C9H18BrNO2S/c1-8(2)14(12,13)11-5-3-4-9(6-10)7-11/h8-9H,3-7H2,1-2H3. The molecule has 1 rings (SSSR count). The van der Waals surface area contributed by atoms with Crippen molar-refractivity contribution in [2.45, 2.75) is 31.9 Å². The topological polar surface area (TPSA) is 37.4 Å². The first kappa shape index (κ1) is 12.5. The Morgan fingerprint density at radius 3 is 2.64 bits per heavy atom. The van der Waals surface area contributed by atoms with Gasteiger partial charge in [0.2, 0.25) is 10.0 Å². The number of nitrogens with zero attached hydrogens (tertiary/aromatic N) is 1. The summed E-state index contributed by atoms with van der Waals surface area (Å²) in [7, 11) is -3.03. The zero-order valence-corrected chi connectivity index (χ0v) is 11.1. The maximum atomic E-state index is 11.9. The molecule has 14 heavy (non-hydrogen) atoms. The van der Waals surface area contributed by atoms with Gasteiger partial charge in [-0.2, -0.15) is 0 Å². The Kier molecular flexibility index (Phi) is 4.40. The molecule has 1 heterocycles. The smallest absolute Gasteiger partial charge is 0.212 e. The molecule has 1 aliphatic rings. The Labute approximate surface area is 95.0 Å². The van der Waals surface area contributed by atoms with E-state index >= 15 is 0 Å². The van der Waals surface area contributed by atoms with Gasteiger partial charge in [-0.3, -0.25) is 0 Å². The average Bonchev–Trinajstić information content (AvgIpc) is 2.17. The van der Waals surface area contributed by atoms with Crippen molar-refractivity contribution >= 4 is 26.0 Å². The lowest BCUT2D eigenvalue weighted by Gasteiger charge is -2.32. The lowest BCUT2D eigenvalue weighted by Crippen LogP contribution is -2.43. The SMILES string of the molecule is CC(C)S(=O)(=O)N1CCCC(CBr)C1. The minimum absolute atomic E-state index is 0.295. The summed E-state index contributed by atoms with van der Waals surface area (Å²) in [5.74, 6) is 0.484. The van der Waals surface area contributed by atoms with Crippen molar-refractivity contribution in [3.63, 3.8) is 0 Å². The van der Waals surface area contributed by atoms with Crippen molar-refractivity contribution in [1.82, 2.24) is 4.31 Å². The van der Waals surface area contributed by atoms with E-state index in [0.717, 1.165) is 18.2 Å². The third kappa shape index (κ3) is 2.70. The summed E-state index contributed by atoms with van der Waals surface area (Å²) in [6, 6.07) is 0. The van der Waals surface area contributed by atoms with Gasteiger partial charge in [0, 0.05) is 18.4 Å². The fraction of sp³-hybridized carbons (Fsp3) is 1.00. The van der Waals surface area contributed by atoms with Gasteiger partial charge in [0.1, 0.15) is 0 Å². The second-order valence-electron chi connectivity index (χ2n) is 4.11. The fourth-order valence-electron chi connectivity index (χ4n) is 1.68. The molecule has 1 atom stereocenters. The fourth-order valence-corrected chi connectivity index (χ4v) is 3.61. The Balaban J connectivity index is 2.69. The molecule has 0 aromatic carbocycles. The molecule has 0 saturated carbocycles. The highest BCUT2D eigenvalue weighted by Gasteiger charge is 2.30. The maximum Gasteiger partial charge on any atom is 0.216 e. The van der Waals surface area contributed by atoms with Crippen molar-refractivity contribution in [1.29, 1.82) is 0 Å². The molecular formula is C9H18BrNO2S. The molecule has 0 bridgehead atoms. The molecule has 0 aliphatic carbocycles. The Hall–Kier alpha value is 0.390. The lowest BCUT2D eigenvalue weighted by molar-refractivity contribution is 0.283. The Morgan fingerprint density at radius 2 is 2.14 bits per heavy atom. The molecule has 0 amide bonds. The van der Waals surface area contributed by atoms with Gasteiger partial charge in [0.05, 0.1) is 5.25 Å². The molecular weight excluding hydrogens is 266 g/mol. The summed E-state index contributed by atoms with van der Waals surface area (Å²) in [6.07, 6.45) is 2.12. The summed E-state index contributed by atoms with van der Waals surface area (Å²) in [5.41, 5.74) is 0. The van der Waals surface area contributed by atoms with Crippen LogP contribution in [0, 0.1) is 5.92 Å². The molecule has 0 spiro atoms. The third-order valence-corrected chi connectivity index (χ3v) is 5.81. The summed E-state index contributed by atoms with van der Waals surface area (Å²) in [4.78, 5) is 0. The van der Waals surface area contributed by atoms with Gasteiger partial charge in [-0.1, -0.05) is 15.9 Å². The minimum Gasteiger partial charge on any atom is -0.212 e. The van der Waals surface area contributed by atoms with Crippen LogP contribution < -0.4 is 0 Å². The van der Waals surface area contributed by atoms with Crippen LogP contribution in [-0.2, 0) is 10.0 Å². The average molecular weight is 284 g/mol. The molecule has 3 nitrogen and oxygen atoms in total. The molecule has 84 valence electrons. The first-order valence-corrected chi connectivity index (χ1v) is 7.66. The van der Waals surface area contributed by atoms with Gasteiger partial charge in [0.15, 0.2) is 0 Å². The predicted molar refractivity (Wildman–Crippen MR) is 62.1 cm³/mol. The lowest BCUT2D eigenvalue weighted by atomic mass is 10.0. The second kappa shape index (κ2) is 4.94. The van der Waals surface area contributed by atoms with Crippen LogP contribution in [0.3, 0.4) is 0 Å². The van der Waals surface area contributed by atoms with Gasteiger partial charge in [-0.15, -0.1) is 0 Å². The summed E-state index contributed by atoms with van der Waals surface area (Å²) >= 11 is 3.42. The van der Waals surface area contributed by atoms with E-state index in [1.165, 1.54) is 0 Å². The van der Waals surface area contributed by atoms with Gasteiger partial charge in [-0.05, 0) is 32.6 Å². The monoisotopic (exact) mass is 283 g/mol. The van der Waals surface area contributed by atoms with Gasteiger partial charge in [-0.25, -0.2) is 12.7 Å². The normalized spacial score (nSPS) is 25.6. The highest BCUT2D eigenvalue weighted by atomic mass is 79.9. The van der Waals surface area contributed by atoms with Crippen LogP contribution in [0.4, 0.5) is 0 Å². The minimum atomic E-state index is -3.03. The molecule has 1 fully saturated rings. The number of piperidine rings is 1. The first-order chi connectivity index (χ1) is 6.48. The van der Waals surface area contributed by atoms with E-state index in [9.17, 15) is 8.42 Å². The predicted octanol–water partition coefficient (Wildman–Crippen LogP) is 1.83. The third-order valence-electron chi connectivity index (χ3n) is 2.66. The molecule has 1 unspecified atom stereocenters. The molecule has 5 heteroatoms. The molecule has 0 radical (unpaired) electrons. The van der Waals surface area contributed by atoms with Crippen LogP contribution in [0.2, 0.25) is 0 Å². The zero-order chi connectivity index (χ0) is 10.8. The summed E-state index contributed by atoms with van der Waals surface area (Å²) in [5, 5.41) is 0.605.